The van der Waals surface area contributed by atoms with Gasteiger partial charge >= 0.3 is 0 Å². The number of hydrogen-bond acceptors (Lipinski definition) is 3. The molecule has 76 valence electrons. The second-order valence-electron chi connectivity index (χ2n) is 3.01. The molecular weight excluding hydrogens is 192 g/mol. The lowest BCUT2D eigenvalue weighted by molar-refractivity contribution is 0.415. The van der Waals surface area contributed by atoms with Gasteiger partial charge in [-0.2, -0.15) is 0 Å². The van der Waals surface area contributed by atoms with Gasteiger partial charge in [0.05, 0.1) is 7.11 Å². The SMILES string of the molecule is COc1ccc(-c2nccc(=O)[nH]2)cc1. The van der Waals surface area contributed by atoms with Crippen molar-refractivity contribution in [1.29, 1.82) is 0 Å². The first-order valence-electron chi connectivity index (χ1n) is 4.49. The monoisotopic (exact) mass is 202 g/mol. The molecule has 2 rings (SSSR count). The molecule has 1 N–H and O–H groups in total. The molecule has 0 unspecified atom stereocenters. The van der Waals surface area contributed by atoms with Crippen LogP contribution in [0.25, 0.3) is 11.4 Å². The van der Waals surface area contributed by atoms with E-state index in [1.54, 1.807) is 7.11 Å². The van der Waals surface area contributed by atoms with Crippen LogP contribution in [-0.2, 0) is 0 Å². The summed E-state index contributed by atoms with van der Waals surface area (Å²) in [4.78, 5) is 17.8. The van der Waals surface area contributed by atoms with Crippen LogP contribution in [0.4, 0.5) is 0 Å². The van der Waals surface area contributed by atoms with Crippen LogP contribution < -0.4 is 10.3 Å². The fourth-order valence-electron chi connectivity index (χ4n) is 1.27. The van der Waals surface area contributed by atoms with Crippen LogP contribution in [0.15, 0.2) is 41.3 Å². The van der Waals surface area contributed by atoms with E-state index in [1.807, 2.05) is 24.3 Å². The van der Waals surface area contributed by atoms with Crippen LogP contribution in [0.5, 0.6) is 5.75 Å². The van der Waals surface area contributed by atoms with Crippen molar-refractivity contribution in [2.24, 2.45) is 0 Å². The minimum Gasteiger partial charge on any atom is -0.497 e. The summed E-state index contributed by atoms with van der Waals surface area (Å²) in [7, 11) is 1.61. The zero-order valence-corrected chi connectivity index (χ0v) is 8.23. The first-order chi connectivity index (χ1) is 7.29. The molecule has 0 spiro atoms. The summed E-state index contributed by atoms with van der Waals surface area (Å²) in [5.41, 5.74) is 0.698. The maximum absolute atomic E-state index is 11.1. The standard InChI is InChI=1S/C11H10N2O2/c1-15-9-4-2-8(3-5-9)11-12-7-6-10(14)13-11/h2-7H,1H3,(H,12,13,14). The number of aromatic nitrogens is 2. The maximum Gasteiger partial charge on any atom is 0.251 e. The summed E-state index contributed by atoms with van der Waals surface area (Å²) in [6, 6.07) is 8.71. The van der Waals surface area contributed by atoms with Crippen molar-refractivity contribution in [2.45, 2.75) is 0 Å². The average molecular weight is 202 g/mol. The van der Waals surface area contributed by atoms with E-state index in [1.165, 1.54) is 12.3 Å². The van der Waals surface area contributed by atoms with Gasteiger partial charge in [-0.15, -0.1) is 0 Å². The van der Waals surface area contributed by atoms with Crippen LogP contribution in [0.2, 0.25) is 0 Å². The number of benzene rings is 1. The zero-order chi connectivity index (χ0) is 10.7. The fraction of sp³-hybridized carbons (Fsp3) is 0.0909. The van der Waals surface area contributed by atoms with Gasteiger partial charge in [0.2, 0.25) is 0 Å². The second kappa shape index (κ2) is 3.96. The Balaban J connectivity index is 2.41. The van der Waals surface area contributed by atoms with Crippen molar-refractivity contribution in [3.63, 3.8) is 0 Å². The summed E-state index contributed by atoms with van der Waals surface area (Å²) >= 11 is 0. The Morgan fingerprint density at radius 2 is 1.93 bits per heavy atom. The Hall–Kier alpha value is -2.10. The summed E-state index contributed by atoms with van der Waals surface area (Å²) in [6.45, 7) is 0. The van der Waals surface area contributed by atoms with Crippen molar-refractivity contribution in [1.82, 2.24) is 9.97 Å². The largest absolute Gasteiger partial charge is 0.497 e. The second-order valence-corrected chi connectivity index (χ2v) is 3.01. The van der Waals surface area contributed by atoms with Crippen molar-refractivity contribution in [2.75, 3.05) is 7.11 Å². The van der Waals surface area contributed by atoms with E-state index in [4.69, 9.17) is 4.74 Å². The van der Waals surface area contributed by atoms with E-state index in [0.29, 0.717) is 5.82 Å². The molecule has 0 amide bonds. The third kappa shape index (κ3) is 2.04. The van der Waals surface area contributed by atoms with Crippen LogP contribution in [0, 0.1) is 0 Å². The number of rotatable bonds is 2. The van der Waals surface area contributed by atoms with Crippen molar-refractivity contribution >= 4 is 0 Å². The Morgan fingerprint density at radius 3 is 2.53 bits per heavy atom. The molecular formula is C11H10N2O2. The topological polar surface area (TPSA) is 55.0 Å². The van der Waals surface area contributed by atoms with Gasteiger partial charge in [-0.25, -0.2) is 4.98 Å². The smallest absolute Gasteiger partial charge is 0.251 e. The van der Waals surface area contributed by atoms with Crippen molar-refractivity contribution < 1.29 is 4.74 Å². The molecule has 0 saturated carbocycles. The van der Waals surface area contributed by atoms with E-state index in [-0.39, 0.29) is 5.56 Å². The Morgan fingerprint density at radius 1 is 1.20 bits per heavy atom. The lowest BCUT2D eigenvalue weighted by Crippen LogP contribution is -2.05. The molecule has 4 nitrogen and oxygen atoms in total. The summed E-state index contributed by atoms with van der Waals surface area (Å²) in [6.07, 6.45) is 1.48. The quantitative estimate of drug-likeness (QED) is 0.801. The molecule has 0 bridgehead atoms. The molecule has 0 saturated heterocycles. The Bertz CT molecular complexity index is 502. The van der Waals surface area contributed by atoms with Crippen LogP contribution >= 0.6 is 0 Å². The van der Waals surface area contributed by atoms with Gasteiger partial charge in [-0.1, -0.05) is 0 Å². The van der Waals surface area contributed by atoms with Gasteiger partial charge in [0.15, 0.2) is 0 Å². The van der Waals surface area contributed by atoms with E-state index in [0.717, 1.165) is 11.3 Å². The Labute approximate surface area is 86.6 Å². The van der Waals surface area contributed by atoms with Gasteiger partial charge in [0.25, 0.3) is 5.56 Å². The Kier molecular flexibility index (Phi) is 2.49. The van der Waals surface area contributed by atoms with E-state index < -0.39 is 0 Å². The molecule has 0 atom stereocenters. The number of ether oxygens (including phenoxy) is 1. The van der Waals surface area contributed by atoms with Crippen LogP contribution in [0.3, 0.4) is 0 Å². The highest BCUT2D eigenvalue weighted by molar-refractivity contribution is 5.55. The highest BCUT2D eigenvalue weighted by Gasteiger charge is 1.99. The average Bonchev–Trinajstić information content (AvgIpc) is 2.29. The molecule has 1 aromatic carbocycles. The number of H-pyrrole nitrogens is 1. The van der Waals surface area contributed by atoms with E-state index in [2.05, 4.69) is 9.97 Å². The minimum absolute atomic E-state index is 0.157. The molecule has 4 heteroatoms. The van der Waals surface area contributed by atoms with Crippen molar-refractivity contribution in [3.8, 4) is 17.1 Å². The molecule has 1 aromatic heterocycles. The highest BCUT2D eigenvalue weighted by atomic mass is 16.5. The summed E-state index contributed by atoms with van der Waals surface area (Å²) in [5.74, 6) is 1.34. The van der Waals surface area contributed by atoms with Gasteiger partial charge in [0.1, 0.15) is 11.6 Å². The molecule has 15 heavy (non-hydrogen) atoms. The number of methoxy groups -OCH3 is 1. The van der Waals surface area contributed by atoms with E-state index >= 15 is 0 Å². The van der Waals surface area contributed by atoms with Gasteiger partial charge < -0.3 is 9.72 Å². The molecule has 0 radical (unpaired) electrons. The van der Waals surface area contributed by atoms with Gasteiger partial charge in [0, 0.05) is 17.8 Å². The lowest BCUT2D eigenvalue weighted by Gasteiger charge is -2.01. The van der Waals surface area contributed by atoms with Crippen molar-refractivity contribution in [3.05, 3.63) is 46.9 Å². The predicted molar refractivity (Wildman–Crippen MR) is 56.8 cm³/mol. The predicted octanol–water partition coefficient (Wildman–Crippen LogP) is 1.45. The molecule has 1 heterocycles. The molecule has 0 aliphatic carbocycles. The summed E-state index contributed by atoms with van der Waals surface area (Å²) in [5, 5.41) is 0. The first kappa shape index (κ1) is 9.45. The number of nitrogens with zero attached hydrogens (tertiary/aromatic N) is 1. The number of aromatic amines is 1. The first-order valence-corrected chi connectivity index (χ1v) is 4.49. The number of nitrogens with one attached hydrogen (secondary N) is 1. The maximum atomic E-state index is 11.1. The normalized spacial score (nSPS) is 9.93. The zero-order valence-electron chi connectivity index (χ0n) is 8.23. The highest BCUT2D eigenvalue weighted by Crippen LogP contribution is 2.17. The van der Waals surface area contributed by atoms with Crippen LogP contribution in [0.1, 0.15) is 0 Å². The number of hydrogen-bond donors (Lipinski definition) is 1. The molecule has 0 aliphatic heterocycles. The summed E-state index contributed by atoms with van der Waals surface area (Å²) < 4.78 is 5.04. The minimum atomic E-state index is -0.157. The van der Waals surface area contributed by atoms with Crippen LogP contribution in [-0.4, -0.2) is 17.1 Å². The molecule has 0 aliphatic rings. The van der Waals surface area contributed by atoms with Gasteiger partial charge in [-0.05, 0) is 24.3 Å². The third-order valence-electron chi connectivity index (χ3n) is 2.03. The van der Waals surface area contributed by atoms with E-state index in [9.17, 15) is 4.79 Å². The molecule has 0 fully saturated rings. The molecule has 2 aromatic rings. The third-order valence-corrected chi connectivity index (χ3v) is 2.03. The van der Waals surface area contributed by atoms with Gasteiger partial charge in [-0.3, -0.25) is 4.79 Å². The lowest BCUT2D eigenvalue weighted by atomic mass is 10.2. The fourth-order valence-corrected chi connectivity index (χ4v) is 1.27.